The van der Waals surface area contributed by atoms with Crippen LogP contribution in [-0.4, -0.2) is 17.6 Å². The summed E-state index contributed by atoms with van der Waals surface area (Å²) in [5.74, 6) is 0.510. The second-order valence-electron chi connectivity index (χ2n) is 5.97. The number of thiocarbonyl (C=S) groups is 1. The third-order valence-electron chi connectivity index (χ3n) is 4.78. The van der Waals surface area contributed by atoms with Gasteiger partial charge in [-0.1, -0.05) is 25.1 Å². The first-order chi connectivity index (χ1) is 9.66. The van der Waals surface area contributed by atoms with Gasteiger partial charge in [0.25, 0.3) is 0 Å². The predicted octanol–water partition coefficient (Wildman–Crippen LogP) is 3.62. The highest BCUT2D eigenvalue weighted by Gasteiger charge is 2.34. The SMILES string of the molecule is NC(=S)c1cc(F)ccc1N1CCCC2CCCCC21. The first kappa shape index (κ1) is 13.8. The smallest absolute Gasteiger partial charge is 0.124 e. The molecule has 0 aromatic heterocycles. The molecule has 0 bridgehead atoms. The minimum atomic E-state index is -0.270. The molecule has 3 rings (SSSR count). The van der Waals surface area contributed by atoms with Crippen LogP contribution in [0.1, 0.15) is 44.1 Å². The quantitative estimate of drug-likeness (QED) is 0.844. The molecule has 1 saturated heterocycles. The van der Waals surface area contributed by atoms with Crippen LogP contribution in [0.15, 0.2) is 18.2 Å². The van der Waals surface area contributed by atoms with Crippen LogP contribution in [0.2, 0.25) is 0 Å². The van der Waals surface area contributed by atoms with E-state index in [1.54, 1.807) is 0 Å². The number of nitrogens with zero attached hydrogens (tertiary/aromatic N) is 1. The van der Waals surface area contributed by atoms with Crippen molar-refractivity contribution in [1.29, 1.82) is 0 Å². The first-order valence-electron chi connectivity index (χ1n) is 7.53. The lowest BCUT2D eigenvalue weighted by atomic mass is 9.78. The number of halogens is 1. The van der Waals surface area contributed by atoms with Crippen LogP contribution in [0.5, 0.6) is 0 Å². The Hall–Kier alpha value is -1.16. The molecule has 1 saturated carbocycles. The molecule has 108 valence electrons. The van der Waals surface area contributed by atoms with Gasteiger partial charge in [-0.15, -0.1) is 0 Å². The van der Waals surface area contributed by atoms with Crippen molar-refractivity contribution in [2.75, 3.05) is 11.4 Å². The van der Waals surface area contributed by atoms with E-state index >= 15 is 0 Å². The standard InChI is InChI=1S/C16H21FN2S/c17-12-7-8-15(13(10-12)16(18)20)19-9-3-5-11-4-1-2-6-14(11)19/h7-8,10-11,14H,1-6,9H2,(H2,18,20). The van der Waals surface area contributed by atoms with E-state index in [-0.39, 0.29) is 10.8 Å². The van der Waals surface area contributed by atoms with Crippen molar-refractivity contribution >= 4 is 22.9 Å². The number of anilines is 1. The van der Waals surface area contributed by atoms with Gasteiger partial charge in [-0.3, -0.25) is 0 Å². The van der Waals surface area contributed by atoms with E-state index in [0.717, 1.165) is 18.2 Å². The summed E-state index contributed by atoms with van der Waals surface area (Å²) in [6, 6.07) is 5.42. The maximum Gasteiger partial charge on any atom is 0.124 e. The van der Waals surface area contributed by atoms with Crippen molar-refractivity contribution < 1.29 is 4.39 Å². The molecule has 1 aliphatic carbocycles. The Morgan fingerprint density at radius 3 is 2.75 bits per heavy atom. The number of fused-ring (bicyclic) bond motifs is 1. The van der Waals surface area contributed by atoms with Crippen molar-refractivity contribution in [2.45, 2.75) is 44.6 Å². The fourth-order valence-corrected chi connectivity index (χ4v) is 4.04. The van der Waals surface area contributed by atoms with E-state index in [0.29, 0.717) is 11.6 Å². The molecule has 2 unspecified atom stereocenters. The van der Waals surface area contributed by atoms with Crippen LogP contribution in [0.4, 0.5) is 10.1 Å². The van der Waals surface area contributed by atoms with Crippen LogP contribution < -0.4 is 10.6 Å². The Labute approximate surface area is 125 Å². The molecule has 0 radical (unpaired) electrons. The van der Waals surface area contributed by atoms with E-state index in [1.807, 2.05) is 6.07 Å². The number of nitrogens with two attached hydrogens (primary N) is 1. The fraction of sp³-hybridized carbons (Fsp3) is 0.562. The highest BCUT2D eigenvalue weighted by molar-refractivity contribution is 7.80. The van der Waals surface area contributed by atoms with Gasteiger partial charge in [-0.25, -0.2) is 4.39 Å². The normalized spacial score (nSPS) is 26.1. The molecular formula is C16H21FN2S. The molecule has 2 fully saturated rings. The van der Waals surface area contributed by atoms with Gasteiger partial charge in [-0.05, 0) is 49.8 Å². The van der Waals surface area contributed by atoms with Gasteiger partial charge in [0.2, 0.25) is 0 Å². The van der Waals surface area contributed by atoms with Crippen LogP contribution in [0.3, 0.4) is 0 Å². The second-order valence-corrected chi connectivity index (χ2v) is 6.41. The van der Waals surface area contributed by atoms with Crippen molar-refractivity contribution in [2.24, 2.45) is 11.7 Å². The zero-order chi connectivity index (χ0) is 14.1. The lowest BCUT2D eigenvalue weighted by Gasteiger charge is -2.46. The summed E-state index contributed by atoms with van der Waals surface area (Å²) in [6.45, 7) is 1.03. The third-order valence-corrected chi connectivity index (χ3v) is 5.00. The predicted molar refractivity (Wildman–Crippen MR) is 84.6 cm³/mol. The van der Waals surface area contributed by atoms with Gasteiger partial charge in [0.05, 0.1) is 0 Å². The summed E-state index contributed by atoms with van der Waals surface area (Å²) in [7, 11) is 0. The van der Waals surface area contributed by atoms with Crippen LogP contribution in [-0.2, 0) is 0 Å². The van der Waals surface area contributed by atoms with Gasteiger partial charge >= 0.3 is 0 Å². The molecule has 1 aromatic carbocycles. The number of hydrogen-bond acceptors (Lipinski definition) is 2. The topological polar surface area (TPSA) is 29.3 Å². The average molecular weight is 292 g/mol. The maximum absolute atomic E-state index is 13.5. The summed E-state index contributed by atoms with van der Waals surface area (Å²) in [5.41, 5.74) is 7.51. The maximum atomic E-state index is 13.5. The number of piperidine rings is 1. The lowest BCUT2D eigenvalue weighted by Crippen LogP contribution is -2.47. The van der Waals surface area contributed by atoms with Crippen LogP contribution in [0.25, 0.3) is 0 Å². The number of benzene rings is 1. The minimum Gasteiger partial charge on any atom is -0.389 e. The molecule has 1 heterocycles. The van der Waals surface area contributed by atoms with Gasteiger partial charge in [-0.2, -0.15) is 0 Å². The largest absolute Gasteiger partial charge is 0.389 e. The Balaban J connectivity index is 1.96. The van der Waals surface area contributed by atoms with Crippen LogP contribution >= 0.6 is 12.2 Å². The zero-order valence-corrected chi connectivity index (χ0v) is 12.5. The van der Waals surface area contributed by atoms with E-state index in [4.69, 9.17) is 18.0 Å². The van der Waals surface area contributed by atoms with Crippen molar-refractivity contribution in [3.63, 3.8) is 0 Å². The molecule has 4 heteroatoms. The number of rotatable bonds is 2. The third kappa shape index (κ3) is 2.53. The van der Waals surface area contributed by atoms with Crippen LogP contribution in [0, 0.1) is 11.7 Å². The average Bonchev–Trinajstić information content (AvgIpc) is 2.46. The zero-order valence-electron chi connectivity index (χ0n) is 11.6. The van der Waals surface area contributed by atoms with Gasteiger partial charge in [0.15, 0.2) is 0 Å². The highest BCUT2D eigenvalue weighted by atomic mass is 32.1. The van der Waals surface area contributed by atoms with E-state index in [1.165, 1.54) is 50.7 Å². The summed E-state index contributed by atoms with van der Waals surface area (Å²) < 4.78 is 13.5. The fourth-order valence-electron chi connectivity index (χ4n) is 3.88. The minimum absolute atomic E-state index is 0.270. The van der Waals surface area contributed by atoms with E-state index in [9.17, 15) is 4.39 Å². The van der Waals surface area contributed by atoms with Gasteiger partial charge in [0, 0.05) is 23.8 Å². The molecule has 0 amide bonds. The number of hydrogen-bond donors (Lipinski definition) is 1. The monoisotopic (exact) mass is 292 g/mol. The molecule has 1 aliphatic heterocycles. The second kappa shape index (κ2) is 5.68. The molecule has 2 atom stereocenters. The van der Waals surface area contributed by atoms with E-state index < -0.39 is 0 Å². The molecule has 1 aromatic rings. The summed E-state index contributed by atoms with van der Waals surface area (Å²) in [4.78, 5) is 2.72. The van der Waals surface area contributed by atoms with Crippen molar-refractivity contribution in [1.82, 2.24) is 0 Å². The Morgan fingerprint density at radius 1 is 1.20 bits per heavy atom. The van der Waals surface area contributed by atoms with Gasteiger partial charge in [0.1, 0.15) is 10.8 Å². The highest BCUT2D eigenvalue weighted by Crippen LogP contribution is 2.38. The Morgan fingerprint density at radius 2 is 1.95 bits per heavy atom. The molecule has 20 heavy (non-hydrogen) atoms. The first-order valence-corrected chi connectivity index (χ1v) is 7.93. The molecule has 0 spiro atoms. The van der Waals surface area contributed by atoms with Crippen molar-refractivity contribution in [3.8, 4) is 0 Å². The van der Waals surface area contributed by atoms with Gasteiger partial charge < -0.3 is 10.6 Å². The molecule has 2 aliphatic rings. The molecular weight excluding hydrogens is 271 g/mol. The van der Waals surface area contributed by atoms with E-state index in [2.05, 4.69) is 4.90 Å². The Bertz CT molecular complexity index is 515. The lowest BCUT2D eigenvalue weighted by molar-refractivity contribution is 0.244. The molecule has 2 N–H and O–H groups in total. The van der Waals surface area contributed by atoms with Crippen molar-refractivity contribution in [3.05, 3.63) is 29.6 Å². The molecule has 2 nitrogen and oxygen atoms in total. The summed E-state index contributed by atoms with van der Waals surface area (Å²) >= 11 is 5.11. The Kier molecular flexibility index (Phi) is 3.92. The summed E-state index contributed by atoms with van der Waals surface area (Å²) in [5, 5.41) is 0. The summed E-state index contributed by atoms with van der Waals surface area (Å²) in [6.07, 6.45) is 7.73.